The van der Waals surface area contributed by atoms with Crippen LogP contribution in [0.1, 0.15) is 24.6 Å². The number of carbonyl (C=O) groups is 1. The van der Waals surface area contributed by atoms with E-state index in [1.807, 2.05) is 36.5 Å². The van der Waals surface area contributed by atoms with Crippen LogP contribution in [0.25, 0.3) is 10.4 Å². The third kappa shape index (κ3) is 4.72. The van der Waals surface area contributed by atoms with Gasteiger partial charge in [-0.3, -0.25) is 14.6 Å². The van der Waals surface area contributed by atoms with Crippen molar-refractivity contribution in [2.45, 2.75) is 38.4 Å². The van der Waals surface area contributed by atoms with Crippen molar-refractivity contribution in [3.05, 3.63) is 46.3 Å². The van der Waals surface area contributed by atoms with Gasteiger partial charge in [0.15, 0.2) is 0 Å². The Morgan fingerprint density at radius 2 is 1.93 bits per heavy atom. The molecule has 0 bridgehead atoms. The molecule has 4 rings (SSSR count). The van der Waals surface area contributed by atoms with Crippen molar-refractivity contribution in [1.29, 1.82) is 0 Å². The lowest BCUT2D eigenvalue weighted by Gasteiger charge is -2.37. The average Bonchev–Trinajstić information content (AvgIpc) is 3.38. The number of hydrogen-bond acceptors (Lipinski definition) is 4. The number of piperazine rings is 1. The number of thiophene rings is 1. The van der Waals surface area contributed by atoms with Crippen LogP contribution in [0.2, 0.25) is 5.02 Å². The smallest absolute Gasteiger partial charge is 0.237 e. The van der Waals surface area contributed by atoms with Crippen LogP contribution < -0.4 is 5.32 Å². The molecule has 1 amide bonds. The third-order valence-electron chi connectivity index (χ3n) is 5.44. The zero-order valence-corrected chi connectivity index (χ0v) is 17.2. The molecule has 27 heavy (non-hydrogen) atoms. The van der Waals surface area contributed by atoms with Gasteiger partial charge in [0.2, 0.25) is 5.91 Å². The summed E-state index contributed by atoms with van der Waals surface area (Å²) in [4.78, 5) is 19.6. The molecule has 1 aromatic carbocycles. The van der Waals surface area contributed by atoms with E-state index in [0.29, 0.717) is 6.04 Å². The molecule has 144 valence electrons. The van der Waals surface area contributed by atoms with E-state index in [1.165, 1.54) is 9.75 Å². The fourth-order valence-corrected chi connectivity index (χ4v) is 4.90. The number of halogens is 1. The van der Waals surface area contributed by atoms with Crippen molar-refractivity contribution in [1.82, 2.24) is 15.1 Å². The predicted octanol–water partition coefficient (Wildman–Crippen LogP) is 3.85. The second-order valence-electron chi connectivity index (χ2n) is 7.52. The summed E-state index contributed by atoms with van der Waals surface area (Å²) in [7, 11) is 0. The number of hydrogen-bond donors (Lipinski definition) is 1. The van der Waals surface area contributed by atoms with E-state index in [9.17, 15) is 4.79 Å². The maximum atomic E-state index is 12.3. The van der Waals surface area contributed by atoms with Gasteiger partial charge in [-0.1, -0.05) is 29.8 Å². The summed E-state index contributed by atoms with van der Waals surface area (Å²) in [6.07, 6.45) is 2.28. The Balaban J connectivity index is 1.29. The molecule has 2 heterocycles. The van der Waals surface area contributed by atoms with Gasteiger partial charge in [-0.05, 0) is 38.0 Å². The predicted molar refractivity (Wildman–Crippen MR) is 112 cm³/mol. The molecular weight excluding hydrogens is 378 g/mol. The van der Waals surface area contributed by atoms with Gasteiger partial charge in [0.1, 0.15) is 0 Å². The van der Waals surface area contributed by atoms with Crippen molar-refractivity contribution >= 4 is 28.8 Å². The molecule has 1 aliphatic carbocycles. The maximum Gasteiger partial charge on any atom is 0.237 e. The third-order valence-corrected chi connectivity index (χ3v) is 6.87. The van der Waals surface area contributed by atoms with Gasteiger partial charge < -0.3 is 5.32 Å². The lowest BCUT2D eigenvalue weighted by molar-refractivity contribution is -0.126. The molecule has 1 N–H and O–H groups in total. The Bertz CT molecular complexity index is 796. The van der Waals surface area contributed by atoms with Gasteiger partial charge >= 0.3 is 0 Å². The molecule has 1 saturated heterocycles. The van der Waals surface area contributed by atoms with Crippen LogP contribution in [-0.2, 0) is 11.3 Å². The molecule has 2 aromatic rings. The molecule has 0 spiro atoms. The highest BCUT2D eigenvalue weighted by Crippen LogP contribution is 2.33. The fraction of sp³-hybridized carbons (Fsp3) is 0.476. The molecule has 0 radical (unpaired) electrons. The monoisotopic (exact) mass is 403 g/mol. The number of rotatable bonds is 6. The van der Waals surface area contributed by atoms with E-state index in [2.05, 4.69) is 33.3 Å². The Morgan fingerprint density at radius 3 is 2.63 bits per heavy atom. The highest BCUT2D eigenvalue weighted by molar-refractivity contribution is 7.15. The summed E-state index contributed by atoms with van der Waals surface area (Å²) in [5, 5.41) is 3.93. The lowest BCUT2D eigenvalue weighted by Crippen LogP contribution is -2.53. The molecule has 1 aliphatic heterocycles. The standard InChI is InChI=1S/C21H26ClN3OS/c1-15(21(26)23-16-6-7-16)25-12-10-24(11-13-25)14-17-8-9-20(27-17)18-4-2-3-5-19(18)22/h2-5,8-9,15-16H,6-7,10-14H2,1H3,(H,23,26). The molecule has 4 nitrogen and oxygen atoms in total. The van der Waals surface area contributed by atoms with E-state index in [4.69, 9.17) is 11.6 Å². The maximum absolute atomic E-state index is 12.3. The Hall–Kier alpha value is -1.40. The number of carbonyl (C=O) groups excluding carboxylic acids is 1. The lowest BCUT2D eigenvalue weighted by atomic mass is 10.2. The molecule has 2 aliphatic rings. The SMILES string of the molecule is CC(C(=O)NC1CC1)N1CCN(Cc2ccc(-c3ccccc3Cl)s2)CC1. The minimum atomic E-state index is -0.0266. The van der Waals surface area contributed by atoms with Crippen LogP contribution in [0.4, 0.5) is 0 Å². The van der Waals surface area contributed by atoms with Crippen LogP contribution in [0.3, 0.4) is 0 Å². The normalized spacial score (nSPS) is 19.8. The summed E-state index contributed by atoms with van der Waals surface area (Å²) in [6.45, 7) is 6.89. The van der Waals surface area contributed by atoms with Crippen LogP contribution in [0.15, 0.2) is 36.4 Å². The van der Waals surface area contributed by atoms with Gasteiger partial charge in [-0.15, -0.1) is 11.3 Å². The number of nitrogens with zero attached hydrogens (tertiary/aromatic N) is 2. The topological polar surface area (TPSA) is 35.6 Å². The van der Waals surface area contributed by atoms with Crippen LogP contribution in [0, 0.1) is 0 Å². The first-order valence-electron chi connectivity index (χ1n) is 9.70. The molecule has 2 fully saturated rings. The Labute approximate surface area is 170 Å². The van der Waals surface area contributed by atoms with E-state index < -0.39 is 0 Å². The minimum Gasteiger partial charge on any atom is -0.352 e. The van der Waals surface area contributed by atoms with Gasteiger partial charge in [-0.2, -0.15) is 0 Å². The fourth-order valence-electron chi connectivity index (χ4n) is 3.51. The summed E-state index contributed by atoms with van der Waals surface area (Å²) < 4.78 is 0. The average molecular weight is 404 g/mol. The highest BCUT2D eigenvalue weighted by atomic mass is 35.5. The first-order valence-corrected chi connectivity index (χ1v) is 10.9. The number of benzene rings is 1. The van der Waals surface area contributed by atoms with Gasteiger partial charge in [-0.25, -0.2) is 0 Å². The van der Waals surface area contributed by atoms with Crippen LogP contribution >= 0.6 is 22.9 Å². The van der Waals surface area contributed by atoms with E-state index >= 15 is 0 Å². The summed E-state index contributed by atoms with van der Waals surface area (Å²) in [5.41, 5.74) is 1.11. The Kier molecular flexibility index (Phi) is 5.83. The molecule has 1 atom stereocenters. The van der Waals surface area contributed by atoms with Gasteiger partial charge in [0.25, 0.3) is 0 Å². The Morgan fingerprint density at radius 1 is 1.19 bits per heavy atom. The minimum absolute atomic E-state index is 0.0266. The van der Waals surface area contributed by atoms with Crippen LogP contribution in [-0.4, -0.2) is 54.0 Å². The van der Waals surface area contributed by atoms with Crippen molar-refractivity contribution in [3.63, 3.8) is 0 Å². The van der Waals surface area contributed by atoms with Crippen molar-refractivity contribution in [3.8, 4) is 10.4 Å². The van der Waals surface area contributed by atoms with Gasteiger partial charge in [0, 0.05) is 59.1 Å². The van der Waals surface area contributed by atoms with Crippen molar-refractivity contribution in [2.24, 2.45) is 0 Å². The summed E-state index contributed by atoms with van der Waals surface area (Å²) in [5.74, 6) is 0.189. The van der Waals surface area contributed by atoms with E-state index in [0.717, 1.165) is 56.2 Å². The highest BCUT2D eigenvalue weighted by Gasteiger charge is 2.30. The molecule has 1 unspecified atom stereocenters. The zero-order chi connectivity index (χ0) is 18.8. The number of amides is 1. The van der Waals surface area contributed by atoms with Crippen molar-refractivity contribution < 1.29 is 4.79 Å². The zero-order valence-electron chi connectivity index (χ0n) is 15.7. The van der Waals surface area contributed by atoms with Gasteiger partial charge in [0.05, 0.1) is 6.04 Å². The summed E-state index contributed by atoms with van der Waals surface area (Å²) >= 11 is 8.14. The van der Waals surface area contributed by atoms with E-state index in [1.54, 1.807) is 0 Å². The second kappa shape index (κ2) is 8.31. The first kappa shape index (κ1) is 18.9. The molecule has 1 aromatic heterocycles. The molecule has 6 heteroatoms. The van der Waals surface area contributed by atoms with Crippen molar-refractivity contribution in [2.75, 3.05) is 26.2 Å². The van der Waals surface area contributed by atoms with E-state index in [-0.39, 0.29) is 11.9 Å². The quantitative estimate of drug-likeness (QED) is 0.795. The molecule has 1 saturated carbocycles. The second-order valence-corrected chi connectivity index (χ2v) is 9.09. The molecular formula is C21H26ClN3OS. The summed E-state index contributed by atoms with van der Waals surface area (Å²) in [6, 6.07) is 12.8. The first-order chi connectivity index (χ1) is 13.1. The van der Waals surface area contributed by atoms with Crippen LogP contribution in [0.5, 0.6) is 0 Å². The number of nitrogens with one attached hydrogen (secondary N) is 1. The largest absolute Gasteiger partial charge is 0.352 e.